The van der Waals surface area contributed by atoms with Crippen molar-refractivity contribution in [2.45, 2.75) is 44.2 Å². The molecule has 3 nitrogen and oxygen atoms in total. The summed E-state index contributed by atoms with van der Waals surface area (Å²) in [6.45, 7) is 0. The van der Waals surface area contributed by atoms with Gasteiger partial charge in [-0.3, -0.25) is 4.98 Å². The smallest absolute Gasteiger partial charge is 0.416 e. The number of methoxy groups -OCH3 is 2. The molecule has 0 saturated heterocycles. The molecule has 1 heterocycles. The van der Waals surface area contributed by atoms with Crippen LogP contribution in [0.15, 0.2) is 97.3 Å². The molecule has 0 bridgehead atoms. The fourth-order valence-corrected chi connectivity index (χ4v) is 6.67. The van der Waals surface area contributed by atoms with E-state index in [-0.39, 0.29) is 17.9 Å². The van der Waals surface area contributed by atoms with Crippen molar-refractivity contribution in [3.8, 4) is 11.5 Å². The zero-order chi connectivity index (χ0) is 31.6. The van der Waals surface area contributed by atoms with E-state index in [4.69, 9.17) is 9.47 Å². The van der Waals surface area contributed by atoms with Crippen LogP contribution in [0.2, 0.25) is 0 Å². The highest BCUT2D eigenvalue weighted by Gasteiger charge is 2.33. The van der Waals surface area contributed by atoms with Crippen LogP contribution in [0.25, 0.3) is 32.3 Å². The van der Waals surface area contributed by atoms with Crippen LogP contribution in [0.4, 0.5) is 17.6 Å². The number of aromatic nitrogens is 1. The van der Waals surface area contributed by atoms with Crippen molar-refractivity contribution in [3.05, 3.63) is 125 Å². The molecule has 0 amide bonds. The largest absolute Gasteiger partial charge is 0.496 e. The quantitative estimate of drug-likeness (QED) is 0.144. The molecule has 230 valence electrons. The predicted molar refractivity (Wildman–Crippen MR) is 172 cm³/mol. The van der Waals surface area contributed by atoms with Crippen LogP contribution in [-0.4, -0.2) is 19.2 Å². The first-order chi connectivity index (χ1) is 21.8. The van der Waals surface area contributed by atoms with Gasteiger partial charge in [0, 0.05) is 12.4 Å². The number of benzene rings is 5. The van der Waals surface area contributed by atoms with Crippen LogP contribution < -0.4 is 9.47 Å². The van der Waals surface area contributed by atoms with Crippen molar-refractivity contribution in [1.82, 2.24) is 4.98 Å². The lowest BCUT2D eigenvalue weighted by molar-refractivity contribution is -0.138. The number of rotatable bonds is 5. The molecule has 0 radical (unpaired) electrons. The fourth-order valence-electron chi connectivity index (χ4n) is 6.67. The molecule has 0 spiro atoms. The molecule has 6 aromatic rings. The fraction of sp³-hybridized carbons (Fsp3) is 0.237. The first kappa shape index (κ1) is 30.4. The molecule has 0 N–H and O–H groups in total. The Balaban J connectivity index is 0.000000301. The van der Waals surface area contributed by atoms with Crippen LogP contribution in [-0.2, 0) is 19.0 Å². The molecule has 1 unspecified atom stereocenters. The summed E-state index contributed by atoms with van der Waals surface area (Å²) < 4.78 is 65.5. The third-order valence-electron chi connectivity index (χ3n) is 8.78. The van der Waals surface area contributed by atoms with E-state index in [0.717, 1.165) is 76.1 Å². The van der Waals surface area contributed by atoms with Gasteiger partial charge in [-0.05, 0) is 118 Å². The average molecular weight is 612 g/mol. The maximum absolute atomic E-state index is 13.8. The number of halogens is 4. The molecule has 1 aliphatic rings. The molecule has 1 atom stereocenters. The minimum Gasteiger partial charge on any atom is -0.496 e. The maximum Gasteiger partial charge on any atom is 0.416 e. The lowest BCUT2D eigenvalue weighted by Crippen LogP contribution is -2.14. The topological polar surface area (TPSA) is 31.4 Å². The Bertz CT molecular complexity index is 1920. The molecule has 45 heavy (non-hydrogen) atoms. The summed E-state index contributed by atoms with van der Waals surface area (Å²) in [4.78, 5) is 4.01. The summed E-state index contributed by atoms with van der Waals surface area (Å²) >= 11 is 0. The number of pyridine rings is 1. The Hall–Kier alpha value is -4.65. The molecule has 7 rings (SSSR count). The Morgan fingerprint density at radius 1 is 0.800 bits per heavy atom. The number of nitrogens with zero attached hydrogens (tertiary/aromatic N) is 1. The summed E-state index contributed by atoms with van der Waals surface area (Å²) in [6, 6.07) is 25.1. The lowest BCUT2D eigenvalue weighted by Gasteiger charge is -2.28. The van der Waals surface area contributed by atoms with E-state index in [1.807, 2.05) is 42.7 Å². The zero-order valence-electron chi connectivity index (χ0n) is 25.1. The number of hydrogen-bond acceptors (Lipinski definition) is 3. The monoisotopic (exact) mass is 611 g/mol. The van der Waals surface area contributed by atoms with Crippen molar-refractivity contribution in [2.24, 2.45) is 0 Å². The second-order valence-electron chi connectivity index (χ2n) is 11.3. The van der Waals surface area contributed by atoms with E-state index in [9.17, 15) is 17.6 Å². The highest BCUT2D eigenvalue weighted by Crippen LogP contribution is 2.45. The van der Waals surface area contributed by atoms with Gasteiger partial charge in [-0.15, -0.1) is 0 Å². The molecule has 0 saturated carbocycles. The van der Waals surface area contributed by atoms with Gasteiger partial charge in [-0.2, -0.15) is 13.2 Å². The van der Waals surface area contributed by atoms with Gasteiger partial charge in [0.25, 0.3) is 0 Å². The molecule has 5 aromatic carbocycles. The average Bonchev–Trinajstić information content (AvgIpc) is 3.06. The van der Waals surface area contributed by atoms with Gasteiger partial charge in [-0.1, -0.05) is 48.5 Å². The Morgan fingerprint density at radius 3 is 2.36 bits per heavy atom. The summed E-state index contributed by atoms with van der Waals surface area (Å²) in [5, 5.41) is 6.61. The molecular formula is C38H33F4NO2. The molecule has 0 aliphatic heterocycles. The second-order valence-corrected chi connectivity index (χ2v) is 11.3. The van der Waals surface area contributed by atoms with Crippen molar-refractivity contribution in [3.63, 3.8) is 0 Å². The SMILES string of the molecule is COc1cccc2c1c(OC)cc1c3c(ccc12)C(CCc1cc(F)ccc1C(F)(F)F)CCC3.c1ccc2cnccc2c1. The first-order valence-corrected chi connectivity index (χ1v) is 15.0. The molecular weight excluding hydrogens is 578 g/mol. The van der Waals surface area contributed by atoms with E-state index in [0.29, 0.717) is 6.42 Å². The Labute approximate surface area is 259 Å². The van der Waals surface area contributed by atoms with E-state index in [1.54, 1.807) is 14.2 Å². The Morgan fingerprint density at radius 2 is 1.60 bits per heavy atom. The predicted octanol–water partition coefficient (Wildman–Crippen LogP) is 10.5. The minimum absolute atomic E-state index is 0.0187. The van der Waals surface area contributed by atoms with Gasteiger partial charge < -0.3 is 9.47 Å². The van der Waals surface area contributed by atoms with Gasteiger partial charge in [0.05, 0.1) is 25.2 Å². The van der Waals surface area contributed by atoms with Crippen molar-refractivity contribution in [2.75, 3.05) is 14.2 Å². The number of ether oxygens (including phenoxy) is 2. The summed E-state index contributed by atoms with van der Waals surface area (Å²) in [5.41, 5.74) is 1.65. The third kappa shape index (κ3) is 6.17. The number of aryl methyl sites for hydroxylation is 2. The van der Waals surface area contributed by atoms with Crippen molar-refractivity contribution < 1.29 is 27.0 Å². The second kappa shape index (κ2) is 12.8. The summed E-state index contributed by atoms with van der Waals surface area (Å²) in [6.07, 6.45) is 2.63. The molecule has 0 fully saturated rings. The number of hydrogen-bond donors (Lipinski definition) is 0. The van der Waals surface area contributed by atoms with Crippen LogP contribution in [0.1, 0.15) is 47.4 Å². The van der Waals surface area contributed by atoms with Gasteiger partial charge in [0.2, 0.25) is 0 Å². The van der Waals surface area contributed by atoms with Gasteiger partial charge in [0.15, 0.2) is 0 Å². The van der Waals surface area contributed by atoms with Crippen LogP contribution in [0.3, 0.4) is 0 Å². The first-order valence-electron chi connectivity index (χ1n) is 15.0. The highest BCUT2D eigenvalue weighted by atomic mass is 19.4. The number of fused-ring (bicyclic) bond motifs is 6. The Kier molecular flexibility index (Phi) is 8.61. The van der Waals surface area contributed by atoms with Crippen molar-refractivity contribution in [1.29, 1.82) is 0 Å². The van der Waals surface area contributed by atoms with E-state index >= 15 is 0 Å². The molecule has 7 heteroatoms. The lowest BCUT2D eigenvalue weighted by atomic mass is 9.77. The van der Waals surface area contributed by atoms with Gasteiger partial charge in [-0.25, -0.2) is 4.39 Å². The van der Waals surface area contributed by atoms with Gasteiger partial charge >= 0.3 is 6.18 Å². The van der Waals surface area contributed by atoms with Crippen LogP contribution in [0.5, 0.6) is 11.5 Å². The minimum atomic E-state index is -4.50. The number of alkyl halides is 3. The summed E-state index contributed by atoms with van der Waals surface area (Å²) in [5.74, 6) is 0.944. The van der Waals surface area contributed by atoms with Crippen LogP contribution in [0, 0.1) is 5.82 Å². The van der Waals surface area contributed by atoms with Gasteiger partial charge in [0.1, 0.15) is 17.3 Å². The summed E-state index contributed by atoms with van der Waals surface area (Å²) in [7, 11) is 3.28. The standard InChI is InChI=1S/C29H26F4O2.C9H7N/c1-34-26-8-4-7-23-22-13-12-20-17(5-3-6-21(20)24(22)16-27(35-2)28(23)26)9-10-18-15-19(30)11-14-25(18)29(31,32)33;1-2-4-9-7-10-6-5-8(9)3-1/h4,7-8,11-17H,3,5-6,9-10H2,1-2H3;1-7H. The molecule has 1 aromatic heterocycles. The zero-order valence-corrected chi connectivity index (χ0v) is 25.1. The van der Waals surface area contributed by atoms with E-state index < -0.39 is 17.6 Å². The van der Waals surface area contributed by atoms with E-state index in [2.05, 4.69) is 41.4 Å². The third-order valence-corrected chi connectivity index (χ3v) is 8.78. The maximum atomic E-state index is 13.8. The molecule has 1 aliphatic carbocycles. The normalized spacial score (nSPS) is 14.6. The van der Waals surface area contributed by atoms with Crippen LogP contribution >= 0.6 is 0 Å². The highest BCUT2D eigenvalue weighted by molar-refractivity contribution is 6.13. The van der Waals surface area contributed by atoms with E-state index in [1.165, 1.54) is 16.3 Å². The van der Waals surface area contributed by atoms with Crippen molar-refractivity contribution >= 4 is 32.3 Å².